The van der Waals surface area contributed by atoms with Gasteiger partial charge < -0.3 is 10.2 Å². The fraction of sp³-hybridized carbons (Fsp3) is 0.294. The van der Waals surface area contributed by atoms with Crippen molar-refractivity contribution in [1.82, 2.24) is 9.71 Å². The molecule has 1 fully saturated rings. The quantitative estimate of drug-likeness (QED) is 0.801. The summed E-state index contributed by atoms with van der Waals surface area (Å²) in [4.78, 5) is 19.4. The number of fused-ring (bicyclic) bond motifs is 3. The van der Waals surface area contributed by atoms with Crippen LogP contribution in [0.5, 0.6) is 0 Å². The van der Waals surface area contributed by atoms with E-state index >= 15 is 0 Å². The average Bonchev–Trinajstić information content (AvgIpc) is 3.31. The lowest BCUT2D eigenvalue weighted by atomic mass is 10.1. The minimum absolute atomic E-state index is 0.0439. The molecule has 1 aromatic carbocycles. The molecule has 128 valence electrons. The molecular weight excluding hydrogens is 340 g/mol. The molecule has 0 saturated heterocycles. The highest BCUT2D eigenvalue weighted by atomic mass is 32.2. The molecule has 0 radical (unpaired) electrons. The molecule has 1 aromatic heterocycles. The van der Waals surface area contributed by atoms with Gasteiger partial charge in [-0.25, -0.2) is 8.42 Å². The van der Waals surface area contributed by atoms with E-state index in [9.17, 15) is 13.2 Å². The zero-order valence-corrected chi connectivity index (χ0v) is 14.1. The van der Waals surface area contributed by atoms with Crippen LogP contribution in [0, 0.1) is 0 Å². The number of nitrogens with zero attached hydrogens (tertiary/aromatic N) is 2. The van der Waals surface area contributed by atoms with Crippen LogP contribution in [0.25, 0.3) is 0 Å². The van der Waals surface area contributed by atoms with Gasteiger partial charge in [0.15, 0.2) is 6.17 Å². The Morgan fingerprint density at radius 3 is 2.80 bits per heavy atom. The van der Waals surface area contributed by atoms with Gasteiger partial charge >= 0.3 is 0 Å². The Balaban J connectivity index is 1.51. The highest BCUT2D eigenvalue weighted by molar-refractivity contribution is 7.89. The number of para-hydroxylation sites is 1. The first-order valence-electron chi connectivity index (χ1n) is 8.15. The van der Waals surface area contributed by atoms with Crippen molar-refractivity contribution < 1.29 is 13.2 Å². The maximum Gasteiger partial charge on any atom is 0.265 e. The van der Waals surface area contributed by atoms with E-state index in [2.05, 4.69) is 15.0 Å². The van der Waals surface area contributed by atoms with Gasteiger partial charge in [-0.05, 0) is 37.1 Å². The first kappa shape index (κ1) is 14.9. The number of carbonyl (C=O) groups is 1. The van der Waals surface area contributed by atoms with Gasteiger partial charge in [0.2, 0.25) is 10.0 Å². The molecule has 3 heterocycles. The Labute approximate surface area is 145 Å². The van der Waals surface area contributed by atoms with Crippen LogP contribution in [0.2, 0.25) is 0 Å². The van der Waals surface area contributed by atoms with Crippen molar-refractivity contribution in [2.75, 3.05) is 16.8 Å². The minimum Gasteiger partial charge on any atom is -0.360 e. The topological polar surface area (TPSA) is 91.4 Å². The van der Waals surface area contributed by atoms with Crippen LogP contribution in [-0.2, 0) is 20.2 Å². The Hall–Kier alpha value is -2.45. The number of sulfonamides is 1. The molecule has 1 aliphatic carbocycles. The van der Waals surface area contributed by atoms with Crippen molar-refractivity contribution in [3.05, 3.63) is 48.3 Å². The SMILES string of the molecule is O=C(C1Nc2ccccc2S(=O)(=O)N1)N1CC2(CC2)c2ncccc21. The molecule has 1 unspecified atom stereocenters. The van der Waals surface area contributed by atoms with Crippen molar-refractivity contribution in [2.45, 2.75) is 29.3 Å². The molecule has 1 saturated carbocycles. The van der Waals surface area contributed by atoms with E-state index in [4.69, 9.17) is 0 Å². The second-order valence-electron chi connectivity index (χ2n) is 6.77. The van der Waals surface area contributed by atoms with Crippen LogP contribution in [0.1, 0.15) is 18.5 Å². The Morgan fingerprint density at radius 1 is 1.20 bits per heavy atom. The van der Waals surface area contributed by atoms with Crippen LogP contribution in [0.4, 0.5) is 11.4 Å². The molecule has 25 heavy (non-hydrogen) atoms. The van der Waals surface area contributed by atoms with E-state index in [-0.39, 0.29) is 16.2 Å². The summed E-state index contributed by atoms with van der Waals surface area (Å²) < 4.78 is 27.4. The Bertz CT molecular complexity index is 1000. The lowest BCUT2D eigenvalue weighted by Crippen LogP contribution is -2.55. The number of nitrogens with one attached hydrogen (secondary N) is 2. The van der Waals surface area contributed by atoms with Crippen molar-refractivity contribution in [3.8, 4) is 0 Å². The lowest BCUT2D eigenvalue weighted by Gasteiger charge is -2.30. The number of hydrogen-bond donors (Lipinski definition) is 2. The molecule has 2 aliphatic heterocycles. The zero-order valence-electron chi connectivity index (χ0n) is 13.3. The van der Waals surface area contributed by atoms with Gasteiger partial charge in [0.1, 0.15) is 4.90 Å². The Kier molecular flexibility index (Phi) is 2.85. The number of pyridine rings is 1. The van der Waals surface area contributed by atoms with Crippen LogP contribution < -0.4 is 14.9 Å². The molecule has 1 atom stereocenters. The van der Waals surface area contributed by atoms with Crippen molar-refractivity contribution in [3.63, 3.8) is 0 Å². The fourth-order valence-corrected chi connectivity index (χ4v) is 4.99. The second-order valence-corrected chi connectivity index (χ2v) is 8.45. The third-order valence-corrected chi connectivity index (χ3v) is 6.64. The van der Waals surface area contributed by atoms with E-state index < -0.39 is 16.2 Å². The smallest absolute Gasteiger partial charge is 0.265 e. The second kappa shape index (κ2) is 4.80. The molecule has 3 aliphatic rings. The summed E-state index contributed by atoms with van der Waals surface area (Å²) in [6, 6.07) is 10.2. The van der Waals surface area contributed by atoms with Crippen LogP contribution in [-0.4, -0.2) is 32.0 Å². The van der Waals surface area contributed by atoms with Gasteiger partial charge in [0.25, 0.3) is 5.91 Å². The van der Waals surface area contributed by atoms with E-state index in [1.54, 1.807) is 35.4 Å². The van der Waals surface area contributed by atoms with Crippen molar-refractivity contribution >= 4 is 27.3 Å². The number of hydrogen-bond acceptors (Lipinski definition) is 5. The van der Waals surface area contributed by atoms with E-state index in [1.165, 1.54) is 6.07 Å². The first-order chi connectivity index (χ1) is 12.0. The highest BCUT2D eigenvalue weighted by Gasteiger charge is 2.55. The average molecular weight is 356 g/mol. The number of rotatable bonds is 1. The predicted molar refractivity (Wildman–Crippen MR) is 91.7 cm³/mol. The van der Waals surface area contributed by atoms with Crippen molar-refractivity contribution in [1.29, 1.82) is 0 Å². The number of anilines is 2. The monoisotopic (exact) mass is 356 g/mol. The third kappa shape index (κ3) is 2.11. The van der Waals surface area contributed by atoms with Gasteiger partial charge in [-0.2, -0.15) is 4.72 Å². The molecular formula is C17H16N4O3S. The zero-order chi connectivity index (χ0) is 17.2. The van der Waals surface area contributed by atoms with E-state index in [0.717, 1.165) is 24.2 Å². The number of carbonyl (C=O) groups excluding carboxylic acids is 1. The van der Waals surface area contributed by atoms with Gasteiger partial charge in [-0.3, -0.25) is 9.78 Å². The third-order valence-electron chi connectivity index (χ3n) is 5.16. The standard InChI is InChI=1S/C17H16N4O3S/c22-16(15-19-11-4-1-2-6-13(11)25(23,24)20-15)21-10-17(7-8-17)14-12(21)5-3-9-18-14/h1-6,9,15,19-20H,7-8,10H2. The van der Waals surface area contributed by atoms with Gasteiger partial charge in [-0.15, -0.1) is 0 Å². The van der Waals surface area contributed by atoms with Gasteiger partial charge in [-0.1, -0.05) is 12.1 Å². The molecule has 8 heteroatoms. The van der Waals surface area contributed by atoms with Crippen LogP contribution in [0.3, 0.4) is 0 Å². The molecule has 0 bridgehead atoms. The normalized spacial score (nSPS) is 24.3. The maximum atomic E-state index is 13.1. The van der Waals surface area contributed by atoms with Crippen LogP contribution in [0.15, 0.2) is 47.5 Å². The number of aromatic nitrogens is 1. The summed E-state index contributed by atoms with van der Waals surface area (Å²) in [7, 11) is -3.73. The lowest BCUT2D eigenvalue weighted by molar-refractivity contribution is -0.119. The van der Waals surface area contributed by atoms with Gasteiger partial charge in [0.05, 0.1) is 17.1 Å². The summed E-state index contributed by atoms with van der Waals surface area (Å²) in [6.07, 6.45) is 2.73. The highest BCUT2D eigenvalue weighted by Crippen LogP contribution is 2.55. The largest absolute Gasteiger partial charge is 0.360 e. The summed E-state index contributed by atoms with van der Waals surface area (Å²) in [6.45, 7) is 0.555. The molecule has 2 aromatic rings. The molecule has 5 rings (SSSR count). The number of amides is 1. The molecule has 1 amide bonds. The maximum absolute atomic E-state index is 13.1. The molecule has 7 nitrogen and oxygen atoms in total. The number of benzene rings is 1. The van der Waals surface area contributed by atoms with Gasteiger partial charge in [0, 0.05) is 18.2 Å². The molecule has 1 spiro atoms. The summed E-state index contributed by atoms with van der Waals surface area (Å²) in [5.74, 6) is -0.309. The van der Waals surface area contributed by atoms with E-state index in [0.29, 0.717) is 12.2 Å². The summed E-state index contributed by atoms with van der Waals surface area (Å²) in [5, 5.41) is 3.01. The van der Waals surface area contributed by atoms with E-state index in [1.807, 2.05) is 6.07 Å². The Morgan fingerprint density at radius 2 is 2.00 bits per heavy atom. The fourth-order valence-electron chi connectivity index (χ4n) is 3.72. The predicted octanol–water partition coefficient (Wildman–Crippen LogP) is 1.19. The summed E-state index contributed by atoms with van der Waals surface area (Å²) >= 11 is 0. The van der Waals surface area contributed by atoms with Crippen LogP contribution >= 0.6 is 0 Å². The molecule has 2 N–H and O–H groups in total. The summed E-state index contributed by atoms with van der Waals surface area (Å²) in [5.41, 5.74) is 2.12. The van der Waals surface area contributed by atoms with Crippen molar-refractivity contribution in [2.24, 2.45) is 0 Å². The first-order valence-corrected chi connectivity index (χ1v) is 9.63. The minimum atomic E-state index is -3.73.